The summed E-state index contributed by atoms with van der Waals surface area (Å²) in [4.78, 5) is 79.2. The van der Waals surface area contributed by atoms with Crippen molar-refractivity contribution in [2.24, 2.45) is 23.1 Å². The molecule has 0 bridgehead atoms. The van der Waals surface area contributed by atoms with Crippen LogP contribution in [0.3, 0.4) is 0 Å². The van der Waals surface area contributed by atoms with Crippen molar-refractivity contribution in [3.63, 3.8) is 0 Å². The van der Waals surface area contributed by atoms with Crippen molar-refractivity contribution in [2.45, 2.75) is 129 Å². The molecule has 1 aromatic rings. The van der Waals surface area contributed by atoms with Crippen LogP contribution in [0.25, 0.3) is 0 Å². The van der Waals surface area contributed by atoms with Gasteiger partial charge in [0.2, 0.25) is 23.6 Å². The van der Waals surface area contributed by atoms with E-state index >= 15 is 0 Å². The van der Waals surface area contributed by atoms with Gasteiger partial charge in [0, 0.05) is 45.7 Å². The molecule has 5 N–H and O–H groups in total. The van der Waals surface area contributed by atoms with Gasteiger partial charge in [-0.3, -0.25) is 24.1 Å². The number of rotatable bonds is 31. The van der Waals surface area contributed by atoms with Crippen LogP contribution in [0.2, 0.25) is 0 Å². The van der Waals surface area contributed by atoms with Crippen molar-refractivity contribution < 1.29 is 57.6 Å². The van der Waals surface area contributed by atoms with Crippen LogP contribution in [-0.2, 0) is 58.9 Å². The molecule has 0 radical (unpaired) electrons. The highest BCUT2D eigenvalue weighted by Crippen LogP contribution is 2.31. The second-order valence-corrected chi connectivity index (χ2v) is 19.3. The molecule has 4 amide bonds. The summed E-state index contributed by atoms with van der Waals surface area (Å²) in [6.07, 6.45) is 0.664. The van der Waals surface area contributed by atoms with Crippen molar-refractivity contribution in [1.82, 2.24) is 25.3 Å². The van der Waals surface area contributed by atoms with Crippen LogP contribution in [0.15, 0.2) is 17.5 Å². The largest absolute Gasteiger partial charge is 0.480 e. The predicted molar refractivity (Wildman–Crippen MR) is 244 cm³/mol. The lowest BCUT2D eigenvalue weighted by Gasteiger charge is -2.43. The van der Waals surface area contributed by atoms with Crippen molar-refractivity contribution in [2.75, 3.05) is 87.7 Å². The standard InChI is InChI=1S/C45H80N6O12S/c1-13-30(2)37(50(10)41(54)39(44(4,5)6)48-43(57)45(7,8)49(9)19-20-60-21-22-61-23-24-62-25-26-63-46)35(58-11)29-36(52)51-18-14-17-34(51)38(59-12)31(3)40(53)47-33(42(55)56)28-32-16-15-27-64-32/h15-16,27,30-31,33-35,37-39H,13-14,17-26,28-29,46H2,1-12H3,(H,47,53)(H,48,57)(H,55,56)/t30-,31+,33-,34-,35+,37-,38+,39+/m0/s1. The molecule has 18 nitrogen and oxygen atoms in total. The van der Waals surface area contributed by atoms with E-state index in [1.165, 1.54) is 25.6 Å². The van der Waals surface area contributed by atoms with Gasteiger partial charge >= 0.3 is 5.97 Å². The molecule has 0 unspecified atom stereocenters. The number of nitrogens with one attached hydrogen (secondary N) is 2. The van der Waals surface area contributed by atoms with Crippen LogP contribution >= 0.6 is 11.3 Å². The summed E-state index contributed by atoms with van der Waals surface area (Å²) in [5.74, 6) is 1.66. The van der Waals surface area contributed by atoms with Crippen molar-refractivity contribution in [3.8, 4) is 0 Å². The molecule has 8 atom stereocenters. The summed E-state index contributed by atoms with van der Waals surface area (Å²) in [5.41, 5.74) is -1.69. The maximum absolute atomic E-state index is 14.7. The maximum Gasteiger partial charge on any atom is 0.326 e. The number of ether oxygens (including phenoxy) is 5. The molecule has 0 saturated carbocycles. The summed E-state index contributed by atoms with van der Waals surface area (Å²) in [5, 5.41) is 17.5. The zero-order chi connectivity index (χ0) is 48.2. The number of aliphatic carboxylic acids is 1. The molecule has 1 aliphatic heterocycles. The number of nitrogens with two attached hydrogens (primary N) is 1. The van der Waals surface area contributed by atoms with E-state index in [-0.39, 0.29) is 36.5 Å². The molecule has 1 aliphatic rings. The van der Waals surface area contributed by atoms with Crippen molar-refractivity contribution in [1.29, 1.82) is 0 Å². The Labute approximate surface area is 385 Å². The number of hydrogen-bond acceptors (Lipinski definition) is 14. The highest BCUT2D eigenvalue weighted by Gasteiger charge is 2.45. The summed E-state index contributed by atoms with van der Waals surface area (Å²) in [6, 6.07) is 0.642. The molecule has 0 aromatic carbocycles. The quantitative estimate of drug-likeness (QED) is 0.0622. The first kappa shape index (κ1) is 56.9. The Morgan fingerprint density at radius 1 is 0.938 bits per heavy atom. The van der Waals surface area contributed by atoms with E-state index in [1.54, 1.807) is 37.6 Å². The smallest absolute Gasteiger partial charge is 0.326 e. The monoisotopic (exact) mass is 929 g/mol. The van der Waals surface area contributed by atoms with E-state index in [1.807, 2.05) is 64.1 Å². The molecule has 64 heavy (non-hydrogen) atoms. The third kappa shape index (κ3) is 17.2. The number of carbonyl (C=O) groups excluding carboxylic acids is 4. The number of amides is 4. The molecule has 19 heteroatoms. The van der Waals surface area contributed by atoms with Gasteiger partial charge in [0.15, 0.2) is 0 Å². The van der Waals surface area contributed by atoms with Gasteiger partial charge < -0.3 is 54.1 Å². The van der Waals surface area contributed by atoms with Gasteiger partial charge in [0.05, 0.1) is 88.4 Å². The second-order valence-electron chi connectivity index (χ2n) is 18.2. The maximum atomic E-state index is 14.7. The molecule has 2 rings (SSSR count). The van der Waals surface area contributed by atoms with E-state index in [0.29, 0.717) is 78.6 Å². The average molecular weight is 929 g/mol. The first-order valence-corrected chi connectivity index (χ1v) is 23.3. The number of nitrogens with zero attached hydrogens (tertiary/aromatic N) is 3. The van der Waals surface area contributed by atoms with Crippen LogP contribution in [0.4, 0.5) is 0 Å². The van der Waals surface area contributed by atoms with E-state index in [9.17, 15) is 29.1 Å². The number of likely N-dealkylation sites (N-methyl/N-ethyl adjacent to an activating group) is 2. The van der Waals surface area contributed by atoms with Crippen molar-refractivity contribution >= 4 is 40.9 Å². The Bertz CT molecular complexity index is 1560. The topological polar surface area (TPSA) is 221 Å². The molecule has 1 saturated heterocycles. The summed E-state index contributed by atoms with van der Waals surface area (Å²) in [7, 11) is 6.55. The van der Waals surface area contributed by atoms with E-state index < -0.39 is 65.1 Å². The van der Waals surface area contributed by atoms with Gasteiger partial charge in [0.1, 0.15) is 12.1 Å². The van der Waals surface area contributed by atoms with Gasteiger partial charge in [-0.25, -0.2) is 10.7 Å². The minimum absolute atomic E-state index is 0.0450. The Morgan fingerprint density at radius 3 is 2.06 bits per heavy atom. The minimum atomic E-state index is -1.14. The number of methoxy groups -OCH3 is 2. The fourth-order valence-corrected chi connectivity index (χ4v) is 8.65. The molecule has 368 valence electrons. The third-order valence-corrected chi connectivity index (χ3v) is 13.3. The highest BCUT2D eigenvalue weighted by atomic mass is 32.1. The lowest BCUT2D eigenvalue weighted by molar-refractivity contribution is -0.149. The normalized spacial score (nSPS) is 17.9. The number of carboxylic acid groups (broad SMARTS) is 1. The first-order chi connectivity index (χ1) is 30.2. The molecular weight excluding hydrogens is 849 g/mol. The molecule has 2 heterocycles. The molecule has 0 aliphatic carbocycles. The van der Waals surface area contributed by atoms with Gasteiger partial charge in [-0.1, -0.05) is 54.0 Å². The van der Waals surface area contributed by atoms with Crippen LogP contribution in [0.5, 0.6) is 0 Å². The molecule has 1 fully saturated rings. The summed E-state index contributed by atoms with van der Waals surface area (Å²) < 4.78 is 28.5. The lowest BCUT2D eigenvalue weighted by Crippen LogP contribution is -2.63. The fraction of sp³-hybridized carbons (Fsp3) is 0.800. The Hall–Kier alpha value is -3.27. The number of carboxylic acids is 1. The SMILES string of the molecule is CC[C@H](C)[C@@H]([C@@H](CC(=O)N1CCC[C@H]1[C@H](OC)[C@@H](C)C(=O)N[C@@H](Cc1cccs1)C(=O)O)OC)N(C)C(=O)[C@@H](NC(=O)C(C)(C)N(C)CCOCCOCCOCCON)C(C)(C)C. The Kier molecular flexibility index (Phi) is 24.9. The summed E-state index contributed by atoms with van der Waals surface area (Å²) >= 11 is 1.42. The van der Waals surface area contributed by atoms with Crippen LogP contribution < -0.4 is 16.5 Å². The van der Waals surface area contributed by atoms with Gasteiger partial charge in [-0.05, 0) is 56.5 Å². The van der Waals surface area contributed by atoms with Gasteiger partial charge in [-0.2, -0.15) is 0 Å². The number of carbonyl (C=O) groups is 5. The number of hydrogen-bond donors (Lipinski definition) is 4. The molecular formula is C45H80N6O12S. The zero-order valence-corrected chi connectivity index (χ0v) is 41.3. The first-order valence-electron chi connectivity index (χ1n) is 22.4. The van der Waals surface area contributed by atoms with Gasteiger partial charge in [0.25, 0.3) is 0 Å². The fourth-order valence-electron chi connectivity index (χ4n) is 7.90. The Morgan fingerprint density at radius 2 is 1.55 bits per heavy atom. The minimum Gasteiger partial charge on any atom is -0.480 e. The van der Waals surface area contributed by atoms with Crippen LogP contribution in [0.1, 0.15) is 86.0 Å². The Balaban J connectivity index is 2.15. The number of thiophene rings is 1. The van der Waals surface area contributed by atoms with Crippen LogP contribution in [-0.4, -0.2) is 179 Å². The third-order valence-electron chi connectivity index (χ3n) is 12.4. The van der Waals surface area contributed by atoms with Crippen LogP contribution in [0, 0.1) is 17.3 Å². The predicted octanol–water partition coefficient (Wildman–Crippen LogP) is 2.96. The number of likely N-dealkylation sites (tertiary alicyclic amines) is 1. The average Bonchev–Trinajstić information content (AvgIpc) is 3.96. The summed E-state index contributed by atoms with van der Waals surface area (Å²) in [6.45, 7) is 18.6. The van der Waals surface area contributed by atoms with E-state index in [4.69, 9.17) is 29.6 Å². The lowest BCUT2D eigenvalue weighted by atomic mass is 9.83. The van der Waals surface area contributed by atoms with Gasteiger partial charge in [-0.15, -0.1) is 11.3 Å². The highest BCUT2D eigenvalue weighted by molar-refractivity contribution is 7.09. The van der Waals surface area contributed by atoms with E-state index in [2.05, 4.69) is 15.5 Å². The molecule has 1 aromatic heterocycles. The second kappa shape index (κ2) is 28.0. The van der Waals surface area contributed by atoms with Crippen molar-refractivity contribution in [3.05, 3.63) is 22.4 Å². The molecule has 0 spiro atoms. The van der Waals surface area contributed by atoms with E-state index in [0.717, 1.165) is 4.88 Å². The zero-order valence-electron chi connectivity index (χ0n) is 40.5.